The number of benzene rings is 1. The summed E-state index contributed by atoms with van der Waals surface area (Å²) in [4.78, 5) is 12.4. The van der Waals surface area contributed by atoms with E-state index >= 15 is 0 Å². The summed E-state index contributed by atoms with van der Waals surface area (Å²) in [6, 6.07) is 7.17. The van der Waals surface area contributed by atoms with Crippen molar-refractivity contribution in [1.29, 1.82) is 0 Å². The maximum Gasteiger partial charge on any atom is 0.225 e. The molecule has 0 aliphatic carbocycles. The molecule has 2 aromatic rings. The lowest BCUT2D eigenvalue weighted by atomic mass is 9.90. The fraction of sp³-hybridized carbons (Fsp3) is 0.412. The molecule has 25 heavy (non-hydrogen) atoms. The zero-order chi connectivity index (χ0) is 16.9. The number of amides is 1. The monoisotopic (exact) mass is 384 g/mol. The van der Waals surface area contributed by atoms with Crippen molar-refractivity contribution in [2.24, 2.45) is 13.0 Å². The quantitative estimate of drug-likeness (QED) is 0.747. The van der Waals surface area contributed by atoms with Crippen LogP contribution in [0.4, 0.5) is 0 Å². The molecule has 2 heterocycles. The molecule has 0 bridgehead atoms. The van der Waals surface area contributed by atoms with Gasteiger partial charge in [0.15, 0.2) is 0 Å². The van der Waals surface area contributed by atoms with E-state index in [2.05, 4.69) is 15.7 Å². The van der Waals surface area contributed by atoms with E-state index < -0.39 is 0 Å². The van der Waals surface area contributed by atoms with Gasteiger partial charge in [0.2, 0.25) is 5.91 Å². The molecule has 1 aromatic heterocycles. The zero-order valence-electron chi connectivity index (χ0n) is 13.9. The van der Waals surface area contributed by atoms with Crippen LogP contribution in [0.1, 0.15) is 11.5 Å². The average molecular weight is 385 g/mol. The molecule has 1 aromatic carbocycles. The molecule has 8 heteroatoms. The molecule has 136 valence electrons. The van der Waals surface area contributed by atoms with Gasteiger partial charge in [-0.3, -0.25) is 9.48 Å². The van der Waals surface area contributed by atoms with Crippen molar-refractivity contribution in [3.05, 3.63) is 47.2 Å². The predicted octanol–water partition coefficient (Wildman–Crippen LogP) is 1.99. The van der Waals surface area contributed by atoms with Crippen LogP contribution in [0.3, 0.4) is 0 Å². The van der Waals surface area contributed by atoms with Gasteiger partial charge in [-0.25, -0.2) is 0 Å². The third-order valence-electron chi connectivity index (χ3n) is 4.19. The summed E-state index contributed by atoms with van der Waals surface area (Å²) >= 11 is 5.83. The third-order valence-corrected chi connectivity index (χ3v) is 4.44. The van der Waals surface area contributed by atoms with Gasteiger partial charge in [0.05, 0.1) is 18.7 Å². The fourth-order valence-electron chi connectivity index (χ4n) is 2.94. The van der Waals surface area contributed by atoms with Crippen LogP contribution in [0.25, 0.3) is 0 Å². The highest BCUT2D eigenvalue weighted by molar-refractivity contribution is 6.30. The Kier molecular flexibility index (Phi) is 7.11. The molecular weight excluding hydrogens is 363 g/mol. The number of rotatable bonds is 6. The highest BCUT2D eigenvalue weighted by Crippen LogP contribution is 2.27. The summed E-state index contributed by atoms with van der Waals surface area (Å²) < 4.78 is 7.35. The van der Waals surface area contributed by atoms with Crippen molar-refractivity contribution in [2.45, 2.75) is 5.92 Å². The maximum absolute atomic E-state index is 12.4. The summed E-state index contributed by atoms with van der Waals surface area (Å²) in [7, 11) is 1.88. The normalized spacial score (nSPS) is 19.3. The van der Waals surface area contributed by atoms with Crippen molar-refractivity contribution in [3.63, 3.8) is 0 Å². The van der Waals surface area contributed by atoms with Crippen molar-refractivity contribution in [1.82, 2.24) is 20.4 Å². The summed E-state index contributed by atoms with van der Waals surface area (Å²) in [5.41, 5.74) is 1.10. The van der Waals surface area contributed by atoms with Gasteiger partial charge in [0.25, 0.3) is 0 Å². The molecule has 1 amide bonds. The molecule has 0 radical (unpaired) electrons. The van der Waals surface area contributed by atoms with Crippen LogP contribution in [0, 0.1) is 5.92 Å². The second-order valence-corrected chi connectivity index (χ2v) is 6.35. The van der Waals surface area contributed by atoms with Crippen LogP contribution in [0.15, 0.2) is 36.7 Å². The average Bonchev–Trinajstić information content (AvgIpc) is 3.21. The minimum Gasteiger partial charge on any atom is -0.492 e. The number of aryl methyl sites for hydroxylation is 1. The number of hydrogen-bond acceptors (Lipinski definition) is 4. The van der Waals surface area contributed by atoms with Gasteiger partial charge in [0.1, 0.15) is 12.4 Å². The first-order valence-electron chi connectivity index (χ1n) is 7.99. The molecular formula is C17H22Cl2N4O2. The molecule has 3 rings (SSSR count). The smallest absolute Gasteiger partial charge is 0.225 e. The van der Waals surface area contributed by atoms with Crippen molar-refractivity contribution < 1.29 is 9.53 Å². The van der Waals surface area contributed by atoms with Crippen LogP contribution in [0.5, 0.6) is 5.75 Å². The van der Waals surface area contributed by atoms with Gasteiger partial charge in [-0.15, -0.1) is 12.4 Å². The highest BCUT2D eigenvalue weighted by atomic mass is 35.5. The van der Waals surface area contributed by atoms with E-state index in [1.165, 1.54) is 0 Å². The van der Waals surface area contributed by atoms with Crippen LogP contribution < -0.4 is 15.4 Å². The lowest BCUT2D eigenvalue weighted by Gasteiger charge is -2.17. The lowest BCUT2D eigenvalue weighted by molar-refractivity contribution is -0.124. The number of nitrogens with one attached hydrogen (secondary N) is 2. The number of carbonyl (C=O) groups excluding carboxylic acids is 1. The van der Waals surface area contributed by atoms with E-state index in [9.17, 15) is 4.79 Å². The molecule has 1 fully saturated rings. The Morgan fingerprint density at radius 3 is 2.84 bits per heavy atom. The minimum absolute atomic E-state index is 0. The highest BCUT2D eigenvalue weighted by Gasteiger charge is 2.34. The van der Waals surface area contributed by atoms with Crippen molar-refractivity contribution >= 4 is 29.9 Å². The third kappa shape index (κ3) is 5.11. The second-order valence-electron chi connectivity index (χ2n) is 5.91. The lowest BCUT2D eigenvalue weighted by Crippen LogP contribution is -2.36. The van der Waals surface area contributed by atoms with E-state index in [1.54, 1.807) is 16.8 Å². The van der Waals surface area contributed by atoms with Crippen LogP contribution >= 0.6 is 24.0 Å². The molecule has 0 saturated carbocycles. The first-order chi connectivity index (χ1) is 11.6. The molecule has 1 saturated heterocycles. The summed E-state index contributed by atoms with van der Waals surface area (Å²) in [5, 5.41) is 11.1. The van der Waals surface area contributed by atoms with Crippen LogP contribution in [-0.2, 0) is 11.8 Å². The van der Waals surface area contributed by atoms with Gasteiger partial charge >= 0.3 is 0 Å². The van der Waals surface area contributed by atoms with Gasteiger partial charge in [-0.1, -0.05) is 11.6 Å². The number of halogens is 2. The molecule has 2 N–H and O–H groups in total. The summed E-state index contributed by atoms with van der Waals surface area (Å²) in [5.74, 6) is 0.874. The minimum atomic E-state index is -0.0790. The van der Waals surface area contributed by atoms with E-state index in [1.807, 2.05) is 31.6 Å². The number of ether oxygens (including phenoxy) is 1. The molecule has 1 aliphatic heterocycles. The Hall–Kier alpha value is -1.76. The van der Waals surface area contributed by atoms with Crippen molar-refractivity contribution in [3.8, 4) is 5.75 Å². The van der Waals surface area contributed by atoms with E-state index in [4.69, 9.17) is 16.3 Å². The largest absolute Gasteiger partial charge is 0.492 e. The topological polar surface area (TPSA) is 68.2 Å². The number of hydrogen-bond donors (Lipinski definition) is 2. The van der Waals surface area contributed by atoms with Gasteiger partial charge in [-0.05, 0) is 29.8 Å². The Labute approximate surface area is 158 Å². The van der Waals surface area contributed by atoms with E-state index in [0.29, 0.717) is 24.7 Å². The predicted molar refractivity (Wildman–Crippen MR) is 99.5 cm³/mol. The number of nitrogens with zero attached hydrogens (tertiary/aromatic N) is 2. The first kappa shape index (κ1) is 19.6. The Morgan fingerprint density at radius 2 is 2.16 bits per heavy atom. The molecule has 1 aliphatic rings. The standard InChI is InChI=1S/C17H21ClN4O2.ClH/c1-22-11-12(8-21-22)15-9-19-10-16(15)17(23)20-6-7-24-14-4-2-13(18)3-5-14;/h2-5,8,11,15-16,19H,6-7,9-10H2,1H3,(H,20,23);1H/t15-,16+;/m1./s1. The van der Waals surface area contributed by atoms with Gasteiger partial charge in [0, 0.05) is 37.3 Å². The van der Waals surface area contributed by atoms with Crippen LogP contribution in [0.2, 0.25) is 5.02 Å². The fourth-order valence-corrected chi connectivity index (χ4v) is 3.07. The Morgan fingerprint density at radius 1 is 1.40 bits per heavy atom. The Balaban J connectivity index is 0.00000225. The van der Waals surface area contributed by atoms with Gasteiger partial charge < -0.3 is 15.4 Å². The van der Waals surface area contributed by atoms with Crippen LogP contribution in [-0.4, -0.2) is 41.9 Å². The number of carbonyl (C=O) groups is 1. The van der Waals surface area contributed by atoms with Crippen molar-refractivity contribution in [2.75, 3.05) is 26.2 Å². The molecule has 0 spiro atoms. The van der Waals surface area contributed by atoms with Gasteiger partial charge in [-0.2, -0.15) is 5.10 Å². The molecule has 6 nitrogen and oxygen atoms in total. The zero-order valence-corrected chi connectivity index (χ0v) is 15.5. The summed E-state index contributed by atoms with van der Waals surface area (Å²) in [6.45, 7) is 2.37. The molecule has 2 atom stereocenters. The summed E-state index contributed by atoms with van der Waals surface area (Å²) in [6.07, 6.45) is 3.81. The van der Waals surface area contributed by atoms with E-state index in [-0.39, 0.29) is 30.2 Å². The maximum atomic E-state index is 12.4. The Bertz CT molecular complexity index is 690. The van der Waals surface area contributed by atoms with E-state index in [0.717, 1.165) is 17.9 Å². The SMILES string of the molecule is Cl.Cn1cc([C@H]2CNC[C@@H]2C(=O)NCCOc2ccc(Cl)cc2)cn1. The first-order valence-corrected chi connectivity index (χ1v) is 8.36. The number of aromatic nitrogens is 2. The second kappa shape index (κ2) is 9.08. The molecule has 0 unspecified atom stereocenters.